The molecule has 7 heteroatoms. The molecule has 1 heterocycles. The van der Waals surface area contributed by atoms with Crippen molar-refractivity contribution in [3.63, 3.8) is 0 Å². The number of hydrogen-bond donors (Lipinski definition) is 2. The summed E-state index contributed by atoms with van der Waals surface area (Å²) >= 11 is 0. The Balaban J connectivity index is 2.98. The topological polar surface area (TPSA) is 53.6 Å². The zero-order valence-electron chi connectivity index (χ0n) is 14.7. The molecule has 1 amide bonds. The third kappa shape index (κ3) is 5.25. The summed E-state index contributed by atoms with van der Waals surface area (Å²) in [5.74, 6) is 0.0927. The number of rotatable bonds is 8. The number of hydrogen-bond acceptors (Lipinski definition) is 4. The summed E-state index contributed by atoms with van der Waals surface area (Å²) < 4.78 is 30.5. The van der Waals surface area contributed by atoms with Gasteiger partial charge in [0.05, 0.1) is 13.7 Å². The Morgan fingerprint density at radius 2 is 2.29 bits per heavy atom. The maximum atomic E-state index is 13.0. The largest absolute Gasteiger partial charge is 0.495 e. The van der Waals surface area contributed by atoms with Gasteiger partial charge in [-0.25, -0.2) is 8.78 Å². The lowest BCUT2D eigenvalue weighted by Crippen LogP contribution is -2.39. The lowest BCUT2D eigenvalue weighted by molar-refractivity contribution is -0.118. The van der Waals surface area contributed by atoms with Gasteiger partial charge < -0.3 is 20.3 Å². The van der Waals surface area contributed by atoms with Gasteiger partial charge in [-0.15, -0.1) is 0 Å². The van der Waals surface area contributed by atoms with Crippen LogP contribution < -0.4 is 10.6 Å². The summed E-state index contributed by atoms with van der Waals surface area (Å²) in [5.41, 5.74) is 1.49. The van der Waals surface area contributed by atoms with Gasteiger partial charge >= 0.3 is 0 Å². The standard InChI is InChI=1S/C17H27F2N3O2/c1-5-22-7-6-15(17(23)21-10-13(19)9-18)12(2)16(22)8-14(24-4)11-20-3/h6,8,11-13,20H,5,7,9-10H2,1-4H3,(H,21,23)/b14-11+,16-8+. The van der Waals surface area contributed by atoms with Gasteiger partial charge in [0.1, 0.15) is 18.6 Å². The van der Waals surface area contributed by atoms with Crippen molar-refractivity contribution in [1.29, 1.82) is 0 Å². The van der Waals surface area contributed by atoms with Crippen LogP contribution in [-0.4, -0.2) is 57.4 Å². The molecule has 1 rings (SSSR count). The second-order valence-electron chi connectivity index (χ2n) is 5.49. The van der Waals surface area contributed by atoms with Gasteiger partial charge in [-0.1, -0.05) is 13.0 Å². The number of carbonyl (C=O) groups is 1. The maximum absolute atomic E-state index is 13.0. The number of allylic oxidation sites excluding steroid dienone is 2. The summed E-state index contributed by atoms with van der Waals surface area (Å²) in [6, 6.07) is 0. The number of likely N-dealkylation sites (N-methyl/N-ethyl adjacent to an activating group) is 1. The van der Waals surface area contributed by atoms with Gasteiger partial charge in [0.15, 0.2) is 0 Å². The minimum absolute atomic E-state index is 0.183. The van der Waals surface area contributed by atoms with Crippen LogP contribution in [0.25, 0.3) is 0 Å². The number of carbonyl (C=O) groups excluding carboxylic acids is 1. The van der Waals surface area contributed by atoms with Crippen molar-refractivity contribution in [3.05, 3.63) is 35.4 Å². The SMILES string of the molecule is CCN1CC=C(C(=O)NCC(F)CF)C(C)/C1=C\C(=C/NC)OC. The highest BCUT2D eigenvalue weighted by molar-refractivity contribution is 5.94. The van der Waals surface area contributed by atoms with E-state index in [1.54, 1.807) is 20.4 Å². The summed E-state index contributed by atoms with van der Waals surface area (Å²) in [4.78, 5) is 14.4. The van der Waals surface area contributed by atoms with E-state index < -0.39 is 12.8 Å². The first kappa shape index (κ1) is 20.0. The van der Waals surface area contributed by atoms with E-state index in [0.29, 0.717) is 17.9 Å². The molecular formula is C17H27F2N3O2. The Bertz CT molecular complexity index is 518. The lowest BCUT2D eigenvalue weighted by Gasteiger charge is -2.34. The molecule has 1 aliphatic rings. The van der Waals surface area contributed by atoms with E-state index in [1.807, 2.05) is 26.0 Å². The van der Waals surface area contributed by atoms with Gasteiger partial charge in [-0.3, -0.25) is 4.79 Å². The number of nitrogens with one attached hydrogen (secondary N) is 2. The fourth-order valence-electron chi connectivity index (χ4n) is 2.55. The van der Waals surface area contributed by atoms with Crippen LogP contribution in [0.1, 0.15) is 13.8 Å². The Morgan fingerprint density at radius 1 is 1.58 bits per heavy atom. The molecule has 0 aromatic rings. The highest BCUT2D eigenvalue weighted by Gasteiger charge is 2.28. The number of amides is 1. The smallest absolute Gasteiger partial charge is 0.247 e. The molecule has 0 fully saturated rings. The molecule has 0 aliphatic carbocycles. The normalized spacial score (nSPS) is 21.3. The van der Waals surface area contributed by atoms with Crippen molar-refractivity contribution in [3.8, 4) is 0 Å². The van der Waals surface area contributed by atoms with E-state index in [-0.39, 0.29) is 18.4 Å². The van der Waals surface area contributed by atoms with Gasteiger partial charge in [-0.05, 0) is 6.92 Å². The predicted molar refractivity (Wildman–Crippen MR) is 90.6 cm³/mol. The summed E-state index contributed by atoms with van der Waals surface area (Å²) in [7, 11) is 3.35. The first-order valence-electron chi connectivity index (χ1n) is 8.04. The van der Waals surface area contributed by atoms with Gasteiger partial charge in [-0.2, -0.15) is 0 Å². The van der Waals surface area contributed by atoms with Crippen LogP contribution in [0, 0.1) is 5.92 Å². The van der Waals surface area contributed by atoms with E-state index in [0.717, 1.165) is 12.2 Å². The fraction of sp³-hybridized carbons (Fsp3) is 0.588. The van der Waals surface area contributed by atoms with E-state index in [4.69, 9.17) is 4.74 Å². The van der Waals surface area contributed by atoms with Crippen molar-refractivity contribution in [2.45, 2.75) is 20.0 Å². The Labute approximate surface area is 142 Å². The molecule has 5 nitrogen and oxygen atoms in total. The number of alkyl halides is 2. The van der Waals surface area contributed by atoms with Crippen molar-refractivity contribution in [2.24, 2.45) is 5.92 Å². The van der Waals surface area contributed by atoms with E-state index in [2.05, 4.69) is 15.5 Å². The molecule has 136 valence electrons. The number of methoxy groups -OCH3 is 1. The van der Waals surface area contributed by atoms with Crippen LogP contribution in [0.3, 0.4) is 0 Å². The average molecular weight is 343 g/mol. The average Bonchev–Trinajstić information content (AvgIpc) is 2.59. The Kier molecular flexibility index (Phi) is 8.29. The monoisotopic (exact) mass is 343 g/mol. The van der Waals surface area contributed by atoms with Crippen LogP contribution in [0.5, 0.6) is 0 Å². The zero-order chi connectivity index (χ0) is 18.1. The zero-order valence-corrected chi connectivity index (χ0v) is 14.7. The highest BCUT2D eigenvalue weighted by atomic mass is 19.2. The van der Waals surface area contributed by atoms with Gasteiger partial charge in [0.25, 0.3) is 0 Å². The van der Waals surface area contributed by atoms with Gasteiger partial charge in [0.2, 0.25) is 5.91 Å². The van der Waals surface area contributed by atoms with Crippen LogP contribution in [-0.2, 0) is 9.53 Å². The van der Waals surface area contributed by atoms with Crippen molar-refractivity contribution in [2.75, 3.05) is 40.5 Å². The molecule has 1 aliphatic heterocycles. The van der Waals surface area contributed by atoms with Crippen molar-refractivity contribution >= 4 is 5.91 Å². The molecule has 2 unspecified atom stereocenters. The van der Waals surface area contributed by atoms with Crippen LogP contribution in [0.2, 0.25) is 0 Å². The molecule has 24 heavy (non-hydrogen) atoms. The summed E-state index contributed by atoms with van der Waals surface area (Å²) in [6.45, 7) is 3.88. The number of nitrogens with zero attached hydrogens (tertiary/aromatic N) is 1. The number of halogens is 2. The molecule has 0 saturated carbocycles. The minimum Gasteiger partial charge on any atom is -0.495 e. The third-order valence-corrected chi connectivity index (χ3v) is 3.91. The Morgan fingerprint density at radius 3 is 2.83 bits per heavy atom. The molecule has 2 N–H and O–H groups in total. The molecule has 0 radical (unpaired) electrons. The molecular weight excluding hydrogens is 316 g/mol. The molecule has 0 bridgehead atoms. The minimum atomic E-state index is -1.67. The fourth-order valence-corrected chi connectivity index (χ4v) is 2.55. The van der Waals surface area contributed by atoms with Crippen molar-refractivity contribution in [1.82, 2.24) is 15.5 Å². The second-order valence-corrected chi connectivity index (χ2v) is 5.49. The van der Waals surface area contributed by atoms with Crippen LogP contribution >= 0.6 is 0 Å². The van der Waals surface area contributed by atoms with E-state index >= 15 is 0 Å². The Hall–Kier alpha value is -2.05. The lowest BCUT2D eigenvalue weighted by atomic mass is 9.91. The van der Waals surface area contributed by atoms with Crippen LogP contribution in [0.4, 0.5) is 8.78 Å². The summed E-state index contributed by atoms with van der Waals surface area (Å²) in [6.07, 6.45) is 3.76. The number of ether oxygens (including phenoxy) is 1. The summed E-state index contributed by atoms with van der Waals surface area (Å²) in [5, 5.41) is 5.36. The highest BCUT2D eigenvalue weighted by Crippen LogP contribution is 2.29. The van der Waals surface area contributed by atoms with Gasteiger partial charge in [0, 0.05) is 49.6 Å². The third-order valence-electron chi connectivity index (χ3n) is 3.91. The molecule has 2 atom stereocenters. The first-order chi connectivity index (χ1) is 11.5. The van der Waals surface area contributed by atoms with E-state index in [9.17, 15) is 13.6 Å². The first-order valence-corrected chi connectivity index (χ1v) is 8.04. The second kappa shape index (κ2) is 9.95. The molecule has 0 spiro atoms. The molecule has 0 aromatic carbocycles. The van der Waals surface area contributed by atoms with Crippen molar-refractivity contribution < 1.29 is 18.3 Å². The quantitative estimate of drug-likeness (QED) is 0.661. The molecule has 0 aromatic heterocycles. The predicted octanol–water partition coefficient (Wildman–Crippen LogP) is 1.90. The maximum Gasteiger partial charge on any atom is 0.247 e. The molecule has 0 saturated heterocycles. The van der Waals surface area contributed by atoms with Crippen LogP contribution in [0.15, 0.2) is 35.4 Å². The van der Waals surface area contributed by atoms with E-state index in [1.165, 1.54) is 0 Å².